The van der Waals surface area contributed by atoms with Gasteiger partial charge in [0.15, 0.2) is 0 Å². The molecule has 1 fully saturated rings. The fourth-order valence-corrected chi connectivity index (χ4v) is 1.57. The van der Waals surface area contributed by atoms with Gasteiger partial charge in [-0.1, -0.05) is 24.3 Å². The molecule has 86 valence electrons. The number of nitrogens with one attached hydrogen (secondary N) is 1. The summed E-state index contributed by atoms with van der Waals surface area (Å²) in [6.07, 6.45) is 0.0875. The van der Waals surface area contributed by atoms with Crippen molar-refractivity contribution in [2.75, 3.05) is 13.2 Å². The maximum absolute atomic E-state index is 10.5. The second-order valence-corrected chi connectivity index (χ2v) is 4.00. The molecule has 4 heteroatoms. The first-order chi connectivity index (χ1) is 7.74. The Labute approximate surface area is 94.2 Å². The molecule has 0 amide bonds. The highest BCUT2D eigenvalue weighted by Crippen LogP contribution is 2.07. The summed E-state index contributed by atoms with van der Waals surface area (Å²) in [7, 11) is 0. The van der Waals surface area contributed by atoms with Crippen molar-refractivity contribution in [2.24, 2.45) is 0 Å². The second-order valence-electron chi connectivity index (χ2n) is 4.00. The van der Waals surface area contributed by atoms with Crippen LogP contribution >= 0.6 is 0 Å². The summed E-state index contributed by atoms with van der Waals surface area (Å²) >= 11 is 0. The van der Waals surface area contributed by atoms with Crippen LogP contribution in [0.25, 0.3) is 0 Å². The molecule has 0 saturated carbocycles. The van der Waals surface area contributed by atoms with Gasteiger partial charge in [0.05, 0.1) is 25.7 Å². The molecule has 1 aromatic rings. The zero-order valence-electron chi connectivity index (χ0n) is 8.98. The third-order valence-corrected chi connectivity index (χ3v) is 2.61. The molecule has 0 spiro atoms. The first-order valence-corrected chi connectivity index (χ1v) is 5.35. The molecule has 0 aliphatic carbocycles. The Morgan fingerprint density at radius 2 is 1.94 bits per heavy atom. The Bertz CT molecular complexity index is 357. The molecule has 1 heterocycles. The highest BCUT2D eigenvalue weighted by Gasteiger charge is 2.16. The van der Waals surface area contributed by atoms with Crippen LogP contribution in [0.15, 0.2) is 24.3 Å². The van der Waals surface area contributed by atoms with E-state index >= 15 is 0 Å². The highest BCUT2D eigenvalue weighted by molar-refractivity contribution is 5.70. The van der Waals surface area contributed by atoms with E-state index in [1.807, 2.05) is 24.3 Å². The summed E-state index contributed by atoms with van der Waals surface area (Å²) in [5, 5.41) is 12.0. The molecule has 0 unspecified atom stereocenters. The smallest absolute Gasteiger partial charge is 0.307 e. The maximum Gasteiger partial charge on any atom is 0.307 e. The molecular formula is C12H15NO3. The quantitative estimate of drug-likeness (QED) is 0.772. The van der Waals surface area contributed by atoms with E-state index in [0.717, 1.165) is 25.3 Å². The number of hydrogen-bond donors (Lipinski definition) is 2. The van der Waals surface area contributed by atoms with Crippen LogP contribution in [-0.4, -0.2) is 30.3 Å². The van der Waals surface area contributed by atoms with Crippen LogP contribution in [0.4, 0.5) is 0 Å². The molecule has 2 rings (SSSR count). The van der Waals surface area contributed by atoms with Gasteiger partial charge in [-0.15, -0.1) is 0 Å². The fourth-order valence-electron chi connectivity index (χ4n) is 1.57. The van der Waals surface area contributed by atoms with Crippen molar-refractivity contribution in [3.05, 3.63) is 35.4 Å². The largest absolute Gasteiger partial charge is 0.481 e. The minimum absolute atomic E-state index is 0.0875. The summed E-state index contributed by atoms with van der Waals surface area (Å²) in [4.78, 5) is 10.5. The Morgan fingerprint density at radius 3 is 2.44 bits per heavy atom. The van der Waals surface area contributed by atoms with Gasteiger partial charge in [-0.05, 0) is 11.1 Å². The van der Waals surface area contributed by atoms with Gasteiger partial charge in [-0.3, -0.25) is 4.79 Å². The number of carbonyl (C=O) groups is 1. The molecule has 1 saturated heterocycles. The lowest BCUT2D eigenvalue weighted by molar-refractivity contribution is -0.136. The topological polar surface area (TPSA) is 58.6 Å². The van der Waals surface area contributed by atoms with Crippen molar-refractivity contribution in [1.29, 1.82) is 0 Å². The van der Waals surface area contributed by atoms with E-state index in [4.69, 9.17) is 9.84 Å². The van der Waals surface area contributed by atoms with Crippen molar-refractivity contribution in [3.63, 3.8) is 0 Å². The molecule has 0 aromatic heterocycles. The van der Waals surface area contributed by atoms with E-state index in [0.29, 0.717) is 6.04 Å². The summed E-state index contributed by atoms with van der Waals surface area (Å²) in [5.74, 6) is -0.794. The molecule has 1 aliphatic heterocycles. The SMILES string of the molecule is O=C(O)Cc1ccc(CNC2COC2)cc1. The summed E-state index contributed by atoms with van der Waals surface area (Å²) in [6.45, 7) is 2.38. The maximum atomic E-state index is 10.5. The number of carboxylic acid groups (broad SMARTS) is 1. The van der Waals surface area contributed by atoms with Gasteiger partial charge in [0.1, 0.15) is 0 Å². The Morgan fingerprint density at radius 1 is 1.31 bits per heavy atom. The van der Waals surface area contributed by atoms with E-state index in [-0.39, 0.29) is 6.42 Å². The van der Waals surface area contributed by atoms with E-state index in [2.05, 4.69) is 5.32 Å². The van der Waals surface area contributed by atoms with Crippen molar-refractivity contribution in [2.45, 2.75) is 19.0 Å². The van der Waals surface area contributed by atoms with Crippen molar-refractivity contribution < 1.29 is 14.6 Å². The second kappa shape index (κ2) is 5.09. The molecule has 4 nitrogen and oxygen atoms in total. The molecule has 16 heavy (non-hydrogen) atoms. The predicted octanol–water partition coefficient (Wildman–Crippen LogP) is 0.802. The number of ether oxygens (including phenoxy) is 1. The van der Waals surface area contributed by atoms with Crippen molar-refractivity contribution >= 4 is 5.97 Å². The van der Waals surface area contributed by atoms with Gasteiger partial charge >= 0.3 is 5.97 Å². The first kappa shape index (κ1) is 11.1. The molecule has 1 aliphatic rings. The van der Waals surface area contributed by atoms with Gasteiger partial charge < -0.3 is 15.2 Å². The van der Waals surface area contributed by atoms with Crippen LogP contribution < -0.4 is 5.32 Å². The minimum Gasteiger partial charge on any atom is -0.481 e. The molecule has 1 aromatic carbocycles. The average molecular weight is 221 g/mol. The summed E-state index contributed by atoms with van der Waals surface area (Å²) < 4.78 is 5.06. The van der Waals surface area contributed by atoms with Gasteiger partial charge in [-0.25, -0.2) is 0 Å². The molecule has 0 atom stereocenters. The van der Waals surface area contributed by atoms with Crippen LogP contribution in [0, 0.1) is 0 Å². The zero-order chi connectivity index (χ0) is 11.4. The molecule has 0 bridgehead atoms. The lowest BCUT2D eigenvalue weighted by Gasteiger charge is -2.27. The van der Waals surface area contributed by atoms with Gasteiger partial charge in [0.2, 0.25) is 0 Å². The lowest BCUT2D eigenvalue weighted by Crippen LogP contribution is -2.45. The average Bonchev–Trinajstić information content (AvgIpc) is 2.17. The molecule has 2 N–H and O–H groups in total. The van der Waals surface area contributed by atoms with E-state index < -0.39 is 5.97 Å². The lowest BCUT2D eigenvalue weighted by atomic mass is 10.1. The van der Waals surface area contributed by atoms with Gasteiger partial charge in [-0.2, -0.15) is 0 Å². The van der Waals surface area contributed by atoms with Crippen molar-refractivity contribution in [1.82, 2.24) is 5.32 Å². The zero-order valence-corrected chi connectivity index (χ0v) is 8.98. The van der Waals surface area contributed by atoms with E-state index in [1.165, 1.54) is 5.56 Å². The Balaban J connectivity index is 1.83. The highest BCUT2D eigenvalue weighted by atomic mass is 16.5. The first-order valence-electron chi connectivity index (χ1n) is 5.35. The summed E-state index contributed by atoms with van der Waals surface area (Å²) in [6, 6.07) is 8.12. The van der Waals surface area contributed by atoms with Gasteiger partial charge in [0, 0.05) is 6.54 Å². The van der Waals surface area contributed by atoms with E-state index in [1.54, 1.807) is 0 Å². The number of rotatable bonds is 5. The van der Waals surface area contributed by atoms with Crippen molar-refractivity contribution in [3.8, 4) is 0 Å². The van der Waals surface area contributed by atoms with Crippen LogP contribution in [-0.2, 0) is 22.5 Å². The minimum atomic E-state index is -0.794. The third-order valence-electron chi connectivity index (χ3n) is 2.61. The van der Waals surface area contributed by atoms with Crippen LogP contribution in [0.2, 0.25) is 0 Å². The predicted molar refractivity (Wildman–Crippen MR) is 59.2 cm³/mol. The number of carboxylic acids is 1. The normalized spacial score (nSPS) is 15.8. The third kappa shape index (κ3) is 3.05. The van der Waals surface area contributed by atoms with Crippen LogP contribution in [0.3, 0.4) is 0 Å². The van der Waals surface area contributed by atoms with Crippen LogP contribution in [0.5, 0.6) is 0 Å². The number of aliphatic carboxylic acids is 1. The molecule has 0 radical (unpaired) electrons. The number of hydrogen-bond acceptors (Lipinski definition) is 3. The van der Waals surface area contributed by atoms with Crippen LogP contribution in [0.1, 0.15) is 11.1 Å². The standard InChI is InChI=1S/C12H15NO3/c14-12(15)5-9-1-3-10(4-2-9)6-13-11-7-16-8-11/h1-4,11,13H,5-8H2,(H,14,15). The monoisotopic (exact) mass is 221 g/mol. The molecular weight excluding hydrogens is 206 g/mol. The van der Waals surface area contributed by atoms with Gasteiger partial charge in [0.25, 0.3) is 0 Å². The Kier molecular flexibility index (Phi) is 3.54. The Hall–Kier alpha value is -1.39. The fraction of sp³-hybridized carbons (Fsp3) is 0.417. The van der Waals surface area contributed by atoms with E-state index in [9.17, 15) is 4.79 Å². The number of benzene rings is 1. The summed E-state index contributed by atoms with van der Waals surface area (Å²) in [5.41, 5.74) is 2.00.